The Labute approximate surface area is 171 Å². The number of H-pyrrole nitrogens is 1. The maximum Gasteiger partial charge on any atom is 0.332 e. The van der Waals surface area contributed by atoms with Crippen molar-refractivity contribution < 1.29 is 0 Å². The number of hydrogen-bond acceptors (Lipinski definition) is 3. The van der Waals surface area contributed by atoms with Gasteiger partial charge in [-0.2, -0.15) is 0 Å². The maximum atomic E-state index is 12.8. The van der Waals surface area contributed by atoms with E-state index in [9.17, 15) is 4.79 Å². The zero-order valence-electron chi connectivity index (χ0n) is 14.7. The SMILES string of the molecule is O=c1[nH]c(NCc2ccccc2)c(-c2ccncc2)n1-c1ccc(Cl)c(Cl)c1. The zero-order chi connectivity index (χ0) is 19.5. The molecule has 2 aromatic carbocycles. The number of hydrogen-bond donors (Lipinski definition) is 2. The van der Waals surface area contributed by atoms with E-state index in [0.717, 1.165) is 11.1 Å². The molecule has 0 spiro atoms. The average Bonchev–Trinajstić information content (AvgIpc) is 3.06. The van der Waals surface area contributed by atoms with Crippen LogP contribution in [0.5, 0.6) is 0 Å². The first kappa shape index (κ1) is 18.3. The van der Waals surface area contributed by atoms with Gasteiger partial charge in [-0.15, -0.1) is 0 Å². The van der Waals surface area contributed by atoms with Gasteiger partial charge in [0.25, 0.3) is 0 Å². The molecule has 0 saturated heterocycles. The molecule has 0 radical (unpaired) electrons. The number of aromatic nitrogens is 3. The van der Waals surface area contributed by atoms with Crippen LogP contribution in [-0.2, 0) is 6.54 Å². The van der Waals surface area contributed by atoms with E-state index >= 15 is 0 Å². The summed E-state index contributed by atoms with van der Waals surface area (Å²) in [5.41, 5.74) is 2.99. The Bertz CT molecular complexity index is 1150. The summed E-state index contributed by atoms with van der Waals surface area (Å²) in [6.07, 6.45) is 3.37. The highest BCUT2D eigenvalue weighted by Gasteiger charge is 2.18. The third-order valence-corrected chi connectivity index (χ3v) is 5.06. The van der Waals surface area contributed by atoms with Gasteiger partial charge in [-0.1, -0.05) is 53.5 Å². The summed E-state index contributed by atoms with van der Waals surface area (Å²) in [5, 5.41) is 4.14. The number of nitrogens with one attached hydrogen (secondary N) is 2. The van der Waals surface area contributed by atoms with Crippen LogP contribution < -0.4 is 11.0 Å². The van der Waals surface area contributed by atoms with E-state index in [0.29, 0.717) is 33.8 Å². The lowest BCUT2D eigenvalue weighted by Crippen LogP contribution is -2.15. The van der Waals surface area contributed by atoms with Crippen molar-refractivity contribution >= 4 is 29.0 Å². The molecular formula is C21H16Cl2N4O. The smallest absolute Gasteiger partial charge is 0.332 e. The Kier molecular flexibility index (Phi) is 5.19. The molecule has 0 aliphatic heterocycles. The summed E-state index contributed by atoms with van der Waals surface area (Å²) < 4.78 is 1.57. The molecule has 0 unspecified atom stereocenters. The monoisotopic (exact) mass is 410 g/mol. The summed E-state index contributed by atoms with van der Waals surface area (Å²) in [4.78, 5) is 19.8. The molecule has 0 fully saturated rings. The molecule has 4 rings (SSSR count). The minimum atomic E-state index is -0.277. The Morgan fingerprint density at radius 2 is 1.71 bits per heavy atom. The maximum absolute atomic E-state index is 12.8. The third kappa shape index (κ3) is 3.67. The standard InChI is InChI=1S/C21H16Cl2N4O/c22-17-7-6-16(12-18(17)23)27-19(15-8-10-24-11-9-15)20(26-21(27)28)25-13-14-4-2-1-3-5-14/h1-12,25H,13H2,(H,26,28). The van der Waals surface area contributed by atoms with Gasteiger partial charge in [-0.3, -0.25) is 14.5 Å². The molecule has 140 valence electrons. The van der Waals surface area contributed by atoms with Gasteiger partial charge in [0, 0.05) is 24.5 Å². The molecule has 2 N–H and O–H groups in total. The van der Waals surface area contributed by atoms with Crippen LogP contribution in [0.25, 0.3) is 16.9 Å². The molecule has 0 saturated carbocycles. The van der Waals surface area contributed by atoms with Gasteiger partial charge in [-0.25, -0.2) is 4.79 Å². The van der Waals surface area contributed by atoms with Crippen LogP contribution in [0.2, 0.25) is 10.0 Å². The molecule has 2 aromatic heterocycles. The van der Waals surface area contributed by atoms with E-state index in [-0.39, 0.29) is 5.69 Å². The zero-order valence-corrected chi connectivity index (χ0v) is 16.2. The van der Waals surface area contributed by atoms with Gasteiger partial charge in [0.1, 0.15) is 5.82 Å². The average molecular weight is 411 g/mol. The number of rotatable bonds is 5. The summed E-state index contributed by atoms with van der Waals surface area (Å²) in [6.45, 7) is 0.570. The molecule has 5 nitrogen and oxygen atoms in total. The molecule has 2 heterocycles. The third-order valence-electron chi connectivity index (χ3n) is 4.32. The first-order chi connectivity index (χ1) is 13.6. The molecule has 0 aliphatic carbocycles. The fourth-order valence-electron chi connectivity index (χ4n) is 3.00. The Morgan fingerprint density at radius 1 is 0.964 bits per heavy atom. The second kappa shape index (κ2) is 7.92. The van der Waals surface area contributed by atoms with Crippen molar-refractivity contribution in [3.63, 3.8) is 0 Å². The molecule has 0 bridgehead atoms. The highest BCUT2D eigenvalue weighted by atomic mass is 35.5. The van der Waals surface area contributed by atoms with E-state index in [4.69, 9.17) is 23.2 Å². The van der Waals surface area contributed by atoms with Crippen molar-refractivity contribution in [3.8, 4) is 16.9 Å². The lowest BCUT2D eigenvalue weighted by molar-refractivity contribution is 0.992. The van der Waals surface area contributed by atoms with E-state index in [2.05, 4.69) is 15.3 Å². The van der Waals surface area contributed by atoms with Gasteiger partial charge in [0.15, 0.2) is 0 Å². The van der Waals surface area contributed by atoms with E-state index in [1.165, 1.54) is 0 Å². The second-order valence-electron chi connectivity index (χ2n) is 6.16. The number of pyridine rings is 1. The van der Waals surface area contributed by atoms with Gasteiger partial charge >= 0.3 is 5.69 Å². The van der Waals surface area contributed by atoms with Crippen LogP contribution >= 0.6 is 23.2 Å². The van der Waals surface area contributed by atoms with Crippen molar-refractivity contribution in [3.05, 3.63) is 99.2 Å². The van der Waals surface area contributed by atoms with Crippen molar-refractivity contribution in [1.29, 1.82) is 0 Å². The number of nitrogens with zero attached hydrogens (tertiary/aromatic N) is 2. The molecule has 0 aliphatic rings. The topological polar surface area (TPSA) is 62.7 Å². The van der Waals surface area contributed by atoms with E-state index in [1.54, 1.807) is 35.2 Å². The molecule has 0 atom stereocenters. The Balaban J connectivity index is 1.83. The van der Waals surface area contributed by atoms with Crippen molar-refractivity contribution in [1.82, 2.24) is 14.5 Å². The minimum Gasteiger partial charge on any atom is -0.366 e. The summed E-state index contributed by atoms with van der Waals surface area (Å²) >= 11 is 12.2. The van der Waals surface area contributed by atoms with Crippen LogP contribution in [0.1, 0.15) is 5.56 Å². The van der Waals surface area contributed by atoms with E-state index in [1.807, 2.05) is 42.5 Å². The highest BCUT2D eigenvalue weighted by Crippen LogP contribution is 2.30. The van der Waals surface area contributed by atoms with Gasteiger partial charge in [0.05, 0.1) is 21.4 Å². The fraction of sp³-hybridized carbons (Fsp3) is 0.0476. The predicted octanol–water partition coefficient (Wildman–Crippen LogP) is 5.15. The number of anilines is 1. The van der Waals surface area contributed by atoms with Crippen molar-refractivity contribution in [2.75, 3.05) is 5.32 Å². The molecule has 28 heavy (non-hydrogen) atoms. The molecule has 4 aromatic rings. The van der Waals surface area contributed by atoms with Crippen LogP contribution in [0.3, 0.4) is 0 Å². The molecule has 7 heteroatoms. The Hall–Kier alpha value is -3.02. The predicted molar refractivity (Wildman–Crippen MR) is 113 cm³/mol. The first-order valence-corrected chi connectivity index (χ1v) is 9.38. The summed E-state index contributed by atoms with van der Waals surface area (Å²) in [6, 6.07) is 18.8. The van der Waals surface area contributed by atoms with Crippen LogP contribution in [0, 0.1) is 0 Å². The number of benzene rings is 2. The molecular weight excluding hydrogens is 395 g/mol. The largest absolute Gasteiger partial charge is 0.366 e. The van der Waals surface area contributed by atoms with Crippen LogP contribution in [0.4, 0.5) is 5.82 Å². The minimum absolute atomic E-state index is 0.277. The van der Waals surface area contributed by atoms with Gasteiger partial charge in [0.2, 0.25) is 0 Å². The summed E-state index contributed by atoms with van der Waals surface area (Å²) in [7, 11) is 0. The lowest BCUT2D eigenvalue weighted by Gasteiger charge is -2.12. The van der Waals surface area contributed by atoms with E-state index < -0.39 is 0 Å². The van der Waals surface area contributed by atoms with Crippen molar-refractivity contribution in [2.24, 2.45) is 0 Å². The summed E-state index contributed by atoms with van der Waals surface area (Å²) in [5.74, 6) is 0.617. The Morgan fingerprint density at radius 3 is 2.43 bits per heavy atom. The number of halogens is 2. The quantitative estimate of drug-likeness (QED) is 0.478. The lowest BCUT2D eigenvalue weighted by atomic mass is 10.1. The first-order valence-electron chi connectivity index (χ1n) is 8.62. The second-order valence-corrected chi connectivity index (χ2v) is 6.98. The fourth-order valence-corrected chi connectivity index (χ4v) is 3.30. The van der Waals surface area contributed by atoms with Crippen LogP contribution in [0.15, 0.2) is 77.9 Å². The number of imidazole rings is 1. The van der Waals surface area contributed by atoms with Crippen LogP contribution in [-0.4, -0.2) is 14.5 Å². The highest BCUT2D eigenvalue weighted by molar-refractivity contribution is 6.42. The van der Waals surface area contributed by atoms with Crippen molar-refractivity contribution in [2.45, 2.75) is 6.54 Å². The molecule has 0 amide bonds. The normalized spacial score (nSPS) is 10.8. The van der Waals surface area contributed by atoms with Gasteiger partial charge in [-0.05, 0) is 35.9 Å². The number of aromatic amines is 1. The van der Waals surface area contributed by atoms with Gasteiger partial charge < -0.3 is 5.32 Å².